The average molecular weight is 414 g/mol. The Hall–Kier alpha value is -1.75. The lowest BCUT2D eigenvalue weighted by Crippen LogP contribution is -2.66. The minimum atomic E-state index is -0.267. The van der Waals surface area contributed by atoms with Gasteiger partial charge in [0.2, 0.25) is 0 Å². The van der Waals surface area contributed by atoms with Crippen molar-refractivity contribution in [3.63, 3.8) is 0 Å². The third-order valence-corrected chi connectivity index (χ3v) is 8.67. The van der Waals surface area contributed by atoms with E-state index in [9.17, 15) is 4.79 Å². The molecule has 3 fully saturated rings. The second kappa shape index (κ2) is 7.44. The highest BCUT2D eigenvalue weighted by Crippen LogP contribution is 2.63. The van der Waals surface area contributed by atoms with E-state index in [-0.39, 0.29) is 35.2 Å². The van der Waals surface area contributed by atoms with E-state index >= 15 is 0 Å². The molecular formula is C25H35NO4. The summed E-state index contributed by atoms with van der Waals surface area (Å²) in [6, 6.07) is 8.55. The lowest BCUT2D eigenvalue weighted by molar-refractivity contribution is -0.259. The molecule has 1 amide bonds. The number of carbonyl (C=O) groups excluding carboxylic acids is 1. The molecule has 5 nitrogen and oxygen atoms in total. The van der Waals surface area contributed by atoms with Gasteiger partial charge in [0.05, 0.1) is 12.7 Å². The second-order valence-electron chi connectivity index (χ2n) is 10.4. The minimum Gasteiger partial charge on any atom is -0.487 e. The summed E-state index contributed by atoms with van der Waals surface area (Å²) in [4.78, 5) is 12.5. The first-order valence-electron chi connectivity index (χ1n) is 11.8. The average Bonchev–Trinajstić information content (AvgIpc) is 2.73. The highest BCUT2D eigenvalue weighted by Gasteiger charge is 2.64. The Morgan fingerprint density at radius 3 is 2.77 bits per heavy atom. The van der Waals surface area contributed by atoms with E-state index in [1.807, 2.05) is 6.07 Å². The van der Waals surface area contributed by atoms with Gasteiger partial charge in [-0.25, -0.2) is 4.79 Å². The van der Waals surface area contributed by atoms with Gasteiger partial charge in [-0.05, 0) is 44.1 Å². The zero-order chi connectivity index (χ0) is 20.9. The molecule has 2 aliphatic carbocycles. The molecule has 2 aliphatic heterocycles. The van der Waals surface area contributed by atoms with Gasteiger partial charge in [0.1, 0.15) is 18.0 Å². The Bertz CT molecular complexity index is 806. The summed E-state index contributed by atoms with van der Waals surface area (Å²) in [7, 11) is 0. The number of carbonyl (C=O) groups is 1. The molecule has 1 aromatic carbocycles. The molecule has 164 valence electrons. The summed E-state index contributed by atoms with van der Waals surface area (Å²) in [5.74, 6) is 1.88. The number of benzene rings is 1. The van der Waals surface area contributed by atoms with Gasteiger partial charge in [-0.3, -0.25) is 0 Å². The summed E-state index contributed by atoms with van der Waals surface area (Å²) in [5.41, 5.74) is 0.734. The molecule has 4 aliphatic rings. The molecule has 30 heavy (non-hydrogen) atoms. The van der Waals surface area contributed by atoms with Crippen molar-refractivity contribution in [2.45, 2.75) is 77.0 Å². The quantitative estimate of drug-likeness (QED) is 0.736. The largest absolute Gasteiger partial charge is 0.487 e. The van der Waals surface area contributed by atoms with Crippen LogP contribution in [0, 0.1) is 23.2 Å². The van der Waals surface area contributed by atoms with Crippen LogP contribution in [0.4, 0.5) is 4.79 Å². The van der Waals surface area contributed by atoms with Crippen LogP contribution in [0.25, 0.3) is 0 Å². The summed E-state index contributed by atoms with van der Waals surface area (Å²) in [6.45, 7) is 7.86. The highest BCUT2D eigenvalue weighted by atomic mass is 16.6. The smallest absolute Gasteiger partial charge is 0.407 e. The van der Waals surface area contributed by atoms with Crippen LogP contribution in [0.15, 0.2) is 24.3 Å². The Labute approximate surface area is 179 Å². The fourth-order valence-corrected chi connectivity index (χ4v) is 6.91. The summed E-state index contributed by atoms with van der Waals surface area (Å²) >= 11 is 0. The standard InChI is InChI=1S/C25H35NO4/c1-16-13-24(3)21-17(2)25(16,15-29-23(27)26-18-9-5-4-6-10-18)14-28-22(21)19-11-7-8-12-20(19)30-24/h7-8,11-12,16-18,21-22H,4-6,9-10,13-15H2,1-3H3,(H,26,27)/t16-,17-,21-,22-,24-,25?/m0/s1. The van der Waals surface area contributed by atoms with Crippen LogP contribution in [0.1, 0.15) is 71.0 Å². The predicted molar refractivity (Wildman–Crippen MR) is 114 cm³/mol. The van der Waals surface area contributed by atoms with Crippen molar-refractivity contribution in [3.05, 3.63) is 29.8 Å². The molecule has 1 saturated heterocycles. The molecule has 6 atom stereocenters. The van der Waals surface area contributed by atoms with E-state index in [4.69, 9.17) is 14.2 Å². The number of para-hydroxylation sites is 1. The van der Waals surface area contributed by atoms with E-state index in [2.05, 4.69) is 44.3 Å². The zero-order valence-corrected chi connectivity index (χ0v) is 18.5. The maximum absolute atomic E-state index is 12.5. The lowest BCUT2D eigenvalue weighted by atomic mass is 9.50. The molecule has 2 heterocycles. The van der Waals surface area contributed by atoms with Crippen molar-refractivity contribution in [2.75, 3.05) is 13.2 Å². The molecule has 0 aromatic heterocycles. The van der Waals surface area contributed by atoms with Gasteiger partial charge < -0.3 is 19.5 Å². The van der Waals surface area contributed by atoms with E-state index < -0.39 is 0 Å². The highest BCUT2D eigenvalue weighted by molar-refractivity contribution is 5.67. The second-order valence-corrected chi connectivity index (χ2v) is 10.4. The summed E-state index contributed by atoms with van der Waals surface area (Å²) < 4.78 is 19.0. The van der Waals surface area contributed by atoms with Gasteiger partial charge in [0.15, 0.2) is 0 Å². The molecular weight excluding hydrogens is 378 g/mol. The van der Waals surface area contributed by atoms with Crippen molar-refractivity contribution in [1.82, 2.24) is 5.32 Å². The van der Waals surface area contributed by atoms with Crippen LogP contribution < -0.4 is 10.1 Å². The fourth-order valence-electron chi connectivity index (χ4n) is 6.91. The predicted octanol–water partition coefficient (Wildman–Crippen LogP) is 5.25. The van der Waals surface area contributed by atoms with E-state index in [1.54, 1.807) is 0 Å². The number of amides is 1. The van der Waals surface area contributed by atoms with Gasteiger partial charge in [-0.1, -0.05) is 51.3 Å². The molecule has 0 spiro atoms. The molecule has 5 heteroatoms. The molecule has 2 bridgehead atoms. The third-order valence-electron chi connectivity index (χ3n) is 8.67. The Morgan fingerprint density at radius 2 is 1.97 bits per heavy atom. The first-order chi connectivity index (χ1) is 14.4. The number of nitrogens with one attached hydrogen (secondary N) is 1. The lowest BCUT2D eigenvalue weighted by Gasteiger charge is -2.63. The van der Waals surface area contributed by atoms with Crippen LogP contribution in [0.5, 0.6) is 5.75 Å². The minimum absolute atomic E-state index is 0.0478. The molecule has 5 rings (SSSR count). The van der Waals surface area contributed by atoms with Crippen LogP contribution >= 0.6 is 0 Å². The van der Waals surface area contributed by atoms with E-state index in [1.165, 1.54) is 19.3 Å². The number of rotatable bonds is 3. The Morgan fingerprint density at radius 1 is 1.20 bits per heavy atom. The van der Waals surface area contributed by atoms with Crippen LogP contribution in [0.2, 0.25) is 0 Å². The number of hydrogen-bond acceptors (Lipinski definition) is 4. The maximum Gasteiger partial charge on any atom is 0.407 e. The molecule has 2 saturated carbocycles. The Balaban J connectivity index is 1.34. The van der Waals surface area contributed by atoms with Crippen LogP contribution in [-0.4, -0.2) is 30.9 Å². The van der Waals surface area contributed by atoms with Gasteiger partial charge >= 0.3 is 6.09 Å². The van der Waals surface area contributed by atoms with Crippen molar-refractivity contribution < 1.29 is 19.0 Å². The number of hydrogen-bond donors (Lipinski definition) is 1. The topological polar surface area (TPSA) is 56.8 Å². The first-order valence-corrected chi connectivity index (χ1v) is 11.8. The molecule has 1 N–H and O–H groups in total. The van der Waals surface area contributed by atoms with E-state index in [0.717, 1.165) is 30.6 Å². The monoisotopic (exact) mass is 413 g/mol. The molecule has 1 aromatic rings. The Kier molecular flexibility index (Phi) is 5.00. The number of fused-ring (bicyclic) bond motifs is 3. The van der Waals surface area contributed by atoms with Gasteiger partial charge in [0.25, 0.3) is 0 Å². The number of ether oxygens (including phenoxy) is 3. The van der Waals surface area contributed by atoms with E-state index in [0.29, 0.717) is 25.0 Å². The van der Waals surface area contributed by atoms with Crippen molar-refractivity contribution >= 4 is 6.09 Å². The van der Waals surface area contributed by atoms with Gasteiger partial charge in [-0.2, -0.15) is 0 Å². The van der Waals surface area contributed by atoms with Crippen molar-refractivity contribution in [3.8, 4) is 5.75 Å². The van der Waals surface area contributed by atoms with Crippen molar-refractivity contribution in [1.29, 1.82) is 0 Å². The summed E-state index contributed by atoms with van der Waals surface area (Å²) in [5, 5.41) is 3.09. The summed E-state index contributed by atoms with van der Waals surface area (Å²) in [6.07, 6.45) is 6.52. The zero-order valence-electron chi connectivity index (χ0n) is 18.5. The molecule has 1 unspecified atom stereocenters. The van der Waals surface area contributed by atoms with Crippen molar-refractivity contribution in [2.24, 2.45) is 23.2 Å². The maximum atomic E-state index is 12.5. The van der Waals surface area contributed by atoms with Gasteiger partial charge in [0, 0.05) is 22.9 Å². The first kappa shape index (κ1) is 20.2. The SMILES string of the molecule is C[C@H]1C[C@]2(C)Oc3ccccc3[C@@H]3OCC1(COC(=O)NC1CCCCC1)[C@@H](C)[C@@H]32. The fraction of sp³-hybridized carbons (Fsp3) is 0.720. The van der Waals surface area contributed by atoms with Crippen LogP contribution in [0.3, 0.4) is 0 Å². The van der Waals surface area contributed by atoms with Gasteiger partial charge in [-0.15, -0.1) is 0 Å². The molecule has 0 radical (unpaired) electrons. The van der Waals surface area contributed by atoms with Crippen LogP contribution in [-0.2, 0) is 9.47 Å². The third kappa shape index (κ3) is 3.12. The number of alkyl carbamates (subject to hydrolysis) is 1. The normalized spacial score (nSPS) is 40.1.